The molecule has 0 aliphatic carbocycles. The molecule has 6 heteroatoms. The minimum atomic E-state index is -0.375. The SMILES string of the molecule is CCCCSCc1cc([N+](=O)[O-])cc(CSCCCC)c1O. The van der Waals surface area contributed by atoms with Crippen LogP contribution in [-0.2, 0) is 11.5 Å². The van der Waals surface area contributed by atoms with Gasteiger partial charge in [-0.05, 0) is 24.3 Å². The molecule has 124 valence electrons. The maximum absolute atomic E-state index is 11.1. The van der Waals surface area contributed by atoms with E-state index in [4.69, 9.17) is 0 Å². The van der Waals surface area contributed by atoms with Crippen molar-refractivity contribution in [2.75, 3.05) is 11.5 Å². The van der Waals surface area contributed by atoms with Gasteiger partial charge in [0.25, 0.3) is 5.69 Å². The molecule has 1 N–H and O–H groups in total. The van der Waals surface area contributed by atoms with Crippen molar-refractivity contribution in [2.45, 2.75) is 51.0 Å². The molecule has 0 fully saturated rings. The van der Waals surface area contributed by atoms with Gasteiger partial charge in [0.15, 0.2) is 0 Å². The molecule has 0 spiro atoms. The zero-order chi connectivity index (χ0) is 16.4. The molecule has 0 aliphatic heterocycles. The van der Waals surface area contributed by atoms with Crippen LogP contribution < -0.4 is 0 Å². The predicted molar refractivity (Wildman–Crippen MR) is 96.9 cm³/mol. The number of phenols is 1. The van der Waals surface area contributed by atoms with E-state index in [1.165, 1.54) is 12.1 Å². The molecule has 0 bridgehead atoms. The third-order valence-corrected chi connectivity index (χ3v) is 5.45. The fourth-order valence-electron chi connectivity index (χ4n) is 1.92. The summed E-state index contributed by atoms with van der Waals surface area (Å²) in [6.45, 7) is 4.27. The number of non-ortho nitro benzene ring substituents is 1. The number of nitro groups is 1. The first-order valence-corrected chi connectivity index (χ1v) is 10.1. The molecule has 22 heavy (non-hydrogen) atoms. The molecule has 0 saturated heterocycles. The number of nitrogens with zero attached hydrogens (tertiary/aromatic N) is 1. The van der Waals surface area contributed by atoms with Crippen LogP contribution in [0.15, 0.2) is 12.1 Å². The molecule has 0 unspecified atom stereocenters. The Labute approximate surface area is 141 Å². The highest BCUT2D eigenvalue weighted by Crippen LogP contribution is 2.33. The van der Waals surface area contributed by atoms with Crippen molar-refractivity contribution in [1.82, 2.24) is 0 Å². The van der Waals surface area contributed by atoms with Crippen LogP contribution in [0.4, 0.5) is 5.69 Å². The minimum Gasteiger partial charge on any atom is -0.507 e. The molecule has 1 aromatic rings. The van der Waals surface area contributed by atoms with E-state index in [0.717, 1.165) is 37.2 Å². The summed E-state index contributed by atoms with van der Waals surface area (Å²) in [4.78, 5) is 10.7. The first-order chi connectivity index (χ1) is 10.6. The zero-order valence-corrected chi connectivity index (χ0v) is 15.0. The lowest BCUT2D eigenvalue weighted by atomic mass is 10.1. The van der Waals surface area contributed by atoms with Gasteiger partial charge in [-0.15, -0.1) is 0 Å². The summed E-state index contributed by atoms with van der Waals surface area (Å²) < 4.78 is 0. The van der Waals surface area contributed by atoms with E-state index in [1.54, 1.807) is 23.5 Å². The van der Waals surface area contributed by atoms with E-state index in [1.807, 2.05) is 0 Å². The average molecular weight is 344 g/mol. The molecule has 0 radical (unpaired) electrons. The van der Waals surface area contributed by atoms with E-state index in [9.17, 15) is 15.2 Å². The quantitative estimate of drug-likeness (QED) is 0.332. The van der Waals surface area contributed by atoms with Crippen molar-refractivity contribution in [3.63, 3.8) is 0 Å². The Bertz CT molecular complexity index is 447. The zero-order valence-electron chi connectivity index (χ0n) is 13.3. The average Bonchev–Trinajstić information content (AvgIpc) is 2.50. The summed E-state index contributed by atoms with van der Waals surface area (Å²) in [6, 6.07) is 3.02. The Morgan fingerprint density at radius 1 is 1.05 bits per heavy atom. The molecule has 0 saturated carbocycles. The highest BCUT2D eigenvalue weighted by molar-refractivity contribution is 7.98. The molecule has 1 rings (SSSR count). The van der Waals surface area contributed by atoms with Gasteiger partial charge < -0.3 is 5.11 Å². The Morgan fingerprint density at radius 3 is 1.86 bits per heavy atom. The minimum absolute atomic E-state index is 0.0787. The van der Waals surface area contributed by atoms with Crippen LogP contribution in [0.1, 0.15) is 50.7 Å². The molecular formula is C16H25NO3S2. The third kappa shape index (κ3) is 6.48. The molecule has 0 aromatic heterocycles. The molecule has 4 nitrogen and oxygen atoms in total. The normalized spacial score (nSPS) is 10.8. The summed E-state index contributed by atoms with van der Waals surface area (Å²) in [5.41, 5.74) is 1.44. The van der Waals surface area contributed by atoms with Crippen molar-refractivity contribution in [2.24, 2.45) is 0 Å². The van der Waals surface area contributed by atoms with Gasteiger partial charge >= 0.3 is 0 Å². The third-order valence-electron chi connectivity index (χ3n) is 3.26. The van der Waals surface area contributed by atoms with Crippen LogP contribution in [0.2, 0.25) is 0 Å². The second-order valence-electron chi connectivity index (χ2n) is 5.18. The summed E-state index contributed by atoms with van der Waals surface area (Å²) in [7, 11) is 0. The van der Waals surface area contributed by atoms with Crippen LogP contribution in [0, 0.1) is 10.1 Å². The Kier molecular flexibility index (Phi) is 9.39. The van der Waals surface area contributed by atoms with Crippen molar-refractivity contribution in [1.29, 1.82) is 0 Å². The van der Waals surface area contributed by atoms with Gasteiger partial charge in [0.2, 0.25) is 0 Å². The van der Waals surface area contributed by atoms with Crippen LogP contribution in [0.3, 0.4) is 0 Å². The van der Waals surface area contributed by atoms with E-state index in [2.05, 4.69) is 13.8 Å². The number of phenolic OH excluding ortho intramolecular Hbond substituents is 1. The number of rotatable bonds is 11. The van der Waals surface area contributed by atoms with Crippen LogP contribution in [-0.4, -0.2) is 21.5 Å². The maximum atomic E-state index is 11.1. The lowest BCUT2D eigenvalue weighted by molar-refractivity contribution is -0.385. The molecular weight excluding hydrogens is 318 g/mol. The van der Waals surface area contributed by atoms with Gasteiger partial charge in [-0.1, -0.05) is 26.7 Å². The highest BCUT2D eigenvalue weighted by atomic mass is 32.2. The highest BCUT2D eigenvalue weighted by Gasteiger charge is 2.16. The Hall–Kier alpha value is -0.880. The molecule has 0 aliphatic rings. The number of hydrogen-bond donors (Lipinski definition) is 1. The Balaban J connectivity index is 2.80. The smallest absolute Gasteiger partial charge is 0.270 e. The summed E-state index contributed by atoms with van der Waals surface area (Å²) >= 11 is 3.43. The van der Waals surface area contributed by atoms with Gasteiger partial charge in [-0.25, -0.2) is 0 Å². The number of nitro benzene ring substituents is 1. The van der Waals surface area contributed by atoms with Crippen molar-refractivity contribution >= 4 is 29.2 Å². The molecule has 0 atom stereocenters. The number of hydrogen-bond acceptors (Lipinski definition) is 5. The van der Waals surface area contributed by atoms with Gasteiger partial charge in [-0.3, -0.25) is 10.1 Å². The largest absolute Gasteiger partial charge is 0.507 e. The lowest BCUT2D eigenvalue weighted by Gasteiger charge is -2.10. The maximum Gasteiger partial charge on any atom is 0.270 e. The fraction of sp³-hybridized carbons (Fsp3) is 0.625. The molecule has 0 heterocycles. The number of thioether (sulfide) groups is 2. The predicted octanol–water partition coefficient (Wildman–Crippen LogP) is 5.37. The number of unbranched alkanes of at least 4 members (excludes halogenated alkanes) is 2. The Morgan fingerprint density at radius 2 is 1.50 bits per heavy atom. The lowest BCUT2D eigenvalue weighted by Crippen LogP contribution is -1.96. The fourth-order valence-corrected chi connectivity index (χ4v) is 4.08. The molecule has 0 amide bonds. The summed E-state index contributed by atoms with van der Waals surface area (Å²) in [5, 5.41) is 21.4. The van der Waals surface area contributed by atoms with Gasteiger partial charge in [0.05, 0.1) is 4.92 Å². The first-order valence-electron chi connectivity index (χ1n) is 7.74. The standard InChI is InChI=1S/C16H25NO3S2/c1-3-5-7-21-11-13-9-15(17(19)20)10-14(16(13)18)12-22-8-6-4-2/h9-10,18H,3-8,11-12H2,1-2H3. The number of aromatic hydroxyl groups is 1. The second-order valence-corrected chi connectivity index (χ2v) is 7.39. The summed E-state index contributed by atoms with van der Waals surface area (Å²) in [6.07, 6.45) is 4.51. The van der Waals surface area contributed by atoms with E-state index < -0.39 is 0 Å². The van der Waals surface area contributed by atoms with E-state index >= 15 is 0 Å². The van der Waals surface area contributed by atoms with E-state index in [0.29, 0.717) is 22.6 Å². The summed E-state index contributed by atoms with van der Waals surface area (Å²) in [5.74, 6) is 3.51. The monoisotopic (exact) mass is 343 g/mol. The second kappa shape index (κ2) is 10.8. The number of benzene rings is 1. The van der Waals surface area contributed by atoms with Crippen LogP contribution in [0.5, 0.6) is 5.75 Å². The van der Waals surface area contributed by atoms with Gasteiger partial charge in [-0.2, -0.15) is 23.5 Å². The van der Waals surface area contributed by atoms with Crippen molar-refractivity contribution in [3.8, 4) is 5.75 Å². The van der Waals surface area contributed by atoms with Crippen molar-refractivity contribution < 1.29 is 10.0 Å². The van der Waals surface area contributed by atoms with Crippen molar-refractivity contribution in [3.05, 3.63) is 33.4 Å². The van der Waals surface area contributed by atoms with E-state index in [-0.39, 0.29) is 16.4 Å². The van der Waals surface area contributed by atoms with Crippen LogP contribution >= 0.6 is 23.5 Å². The molecule has 1 aromatic carbocycles. The van der Waals surface area contributed by atoms with Gasteiger partial charge in [0.1, 0.15) is 5.75 Å². The first kappa shape index (κ1) is 19.2. The van der Waals surface area contributed by atoms with Crippen LogP contribution in [0.25, 0.3) is 0 Å². The van der Waals surface area contributed by atoms with Gasteiger partial charge in [0, 0.05) is 34.8 Å². The topological polar surface area (TPSA) is 63.4 Å².